The molecule has 1 fully saturated rings. The van der Waals surface area contributed by atoms with Gasteiger partial charge in [-0.15, -0.1) is 0 Å². The largest absolute Gasteiger partial charge is 0.481 e. The first kappa shape index (κ1) is 15.5. The Labute approximate surface area is 123 Å². The van der Waals surface area contributed by atoms with E-state index in [9.17, 15) is 9.59 Å². The van der Waals surface area contributed by atoms with E-state index in [4.69, 9.17) is 9.63 Å². The third-order valence-electron chi connectivity index (χ3n) is 3.71. The van der Waals surface area contributed by atoms with E-state index in [1.54, 1.807) is 4.90 Å². The van der Waals surface area contributed by atoms with Crippen molar-refractivity contribution < 1.29 is 19.2 Å². The molecule has 7 heteroatoms. The topological polar surface area (TPSA) is 96.5 Å². The zero-order valence-electron chi connectivity index (χ0n) is 12.2. The van der Waals surface area contributed by atoms with Crippen LogP contribution in [-0.2, 0) is 16.0 Å². The molecular weight excluding hydrogens is 274 g/mol. The highest BCUT2D eigenvalue weighted by Crippen LogP contribution is 2.27. The predicted octanol–water partition coefficient (Wildman–Crippen LogP) is 1.59. The molecule has 0 spiro atoms. The van der Waals surface area contributed by atoms with Crippen molar-refractivity contribution in [3.63, 3.8) is 0 Å². The van der Waals surface area contributed by atoms with Crippen molar-refractivity contribution in [2.75, 3.05) is 13.1 Å². The second-order valence-electron chi connectivity index (χ2n) is 5.35. The molecule has 1 N–H and O–H groups in total. The Bertz CT molecular complexity index is 492. The molecule has 7 nitrogen and oxygen atoms in total. The number of hydrogen-bond acceptors (Lipinski definition) is 5. The summed E-state index contributed by atoms with van der Waals surface area (Å²) in [6.45, 7) is 3.31. The van der Waals surface area contributed by atoms with Crippen LogP contribution in [-0.4, -0.2) is 45.1 Å². The molecule has 0 saturated carbocycles. The normalized spacial score (nSPS) is 16.1. The number of hydrogen-bond donors (Lipinski definition) is 1. The predicted molar refractivity (Wildman–Crippen MR) is 73.7 cm³/mol. The maximum Gasteiger partial charge on any atom is 0.303 e. The lowest BCUT2D eigenvalue weighted by Crippen LogP contribution is -2.38. The first-order valence-corrected chi connectivity index (χ1v) is 7.42. The fraction of sp³-hybridized carbons (Fsp3) is 0.714. The molecule has 1 aromatic rings. The number of aromatic nitrogens is 2. The van der Waals surface area contributed by atoms with Crippen molar-refractivity contribution in [2.45, 2.75) is 51.4 Å². The Hall–Kier alpha value is -1.92. The number of carbonyl (C=O) groups excluding carboxylic acids is 1. The van der Waals surface area contributed by atoms with Gasteiger partial charge in [-0.25, -0.2) is 0 Å². The molecule has 0 aromatic carbocycles. The van der Waals surface area contributed by atoms with Crippen molar-refractivity contribution in [1.82, 2.24) is 15.0 Å². The summed E-state index contributed by atoms with van der Waals surface area (Å²) >= 11 is 0. The van der Waals surface area contributed by atoms with E-state index in [1.165, 1.54) is 0 Å². The first-order chi connectivity index (χ1) is 10.1. The van der Waals surface area contributed by atoms with Crippen LogP contribution >= 0.6 is 0 Å². The van der Waals surface area contributed by atoms with Crippen LogP contribution < -0.4 is 0 Å². The SMILES string of the molecule is CCCc1noc(C2CCN(C(=O)CCC(=O)O)CC2)n1. The van der Waals surface area contributed by atoms with Crippen LogP contribution in [0.3, 0.4) is 0 Å². The Kier molecular flexibility index (Phi) is 5.30. The van der Waals surface area contributed by atoms with Crippen LogP contribution in [0.2, 0.25) is 0 Å². The minimum atomic E-state index is -0.937. The number of piperidine rings is 1. The van der Waals surface area contributed by atoms with Gasteiger partial charge in [0, 0.05) is 31.8 Å². The summed E-state index contributed by atoms with van der Waals surface area (Å²) in [6.07, 6.45) is 3.33. The van der Waals surface area contributed by atoms with E-state index in [2.05, 4.69) is 17.1 Å². The maximum absolute atomic E-state index is 11.8. The van der Waals surface area contributed by atoms with Crippen LogP contribution in [0.5, 0.6) is 0 Å². The number of amides is 1. The van der Waals surface area contributed by atoms with Gasteiger partial charge in [-0.3, -0.25) is 9.59 Å². The van der Waals surface area contributed by atoms with Gasteiger partial charge in [-0.2, -0.15) is 4.98 Å². The van der Waals surface area contributed by atoms with Gasteiger partial charge < -0.3 is 14.5 Å². The number of aliphatic carboxylic acids is 1. The molecule has 2 rings (SSSR count). The molecule has 1 aromatic heterocycles. The summed E-state index contributed by atoms with van der Waals surface area (Å²) in [6, 6.07) is 0. The lowest BCUT2D eigenvalue weighted by atomic mass is 9.96. The molecule has 0 aliphatic carbocycles. The molecule has 1 amide bonds. The van der Waals surface area contributed by atoms with E-state index in [1.807, 2.05) is 0 Å². The minimum absolute atomic E-state index is 0.0706. The van der Waals surface area contributed by atoms with Gasteiger partial charge in [0.15, 0.2) is 5.82 Å². The van der Waals surface area contributed by atoms with E-state index in [0.717, 1.165) is 31.5 Å². The van der Waals surface area contributed by atoms with Gasteiger partial charge in [0.05, 0.1) is 6.42 Å². The van der Waals surface area contributed by atoms with Crippen LogP contribution in [0.15, 0.2) is 4.52 Å². The molecule has 1 saturated heterocycles. The highest BCUT2D eigenvalue weighted by Gasteiger charge is 2.27. The molecule has 0 radical (unpaired) electrons. The zero-order valence-corrected chi connectivity index (χ0v) is 12.2. The second-order valence-corrected chi connectivity index (χ2v) is 5.35. The summed E-state index contributed by atoms with van der Waals surface area (Å²) < 4.78 is 5.29. The minimum Gasteiger partial charge on any atom is -0.481 e. The molecule has 1 aliphatic heterocycles. The van der Waals surface area contributed by atoms with Gasteiger partial charge >= 0.3 is 5.97 Å². The van der Waals surface area contributed by atoms with Crippen LogP contribution in [0.4, 0.5) is 0 Å². The first-order valence-electron chi connectivity index (χ1n) is 7.42. The third kappa shape index (κ3) is 4.27. The monoisotopic (exact) mass is 295 g/mol. The number of carbonyl (C=O) groups is 2. The molecule has 21 heavy (non-hydrogen) atoms. The standard InChI is InChI=1S/C14H21N3O4/c1-2-3-11-15-14(21-16-11)10-6-8-17(9-7-10)12(18)4-5-13(19)20/h10H,2-9H2,1H3,(H,19,20). The molecule has 1 aliphatic rings. The molecule has 0 bridgehead atoms. The Balaban J connectivity index is 1.82. The highest BCUT2D eigenvalue weighted by molar-refractivity contribution is 5.80. The average Bonchev–Trinajstić information content (AvgIpc) is 2.94. The van der Waals surface area contributed by atoms with Crippen molar-refractivity contribution >= 4 is 11.9 Å². The third-order valence-corrected chi connectivity index (χ3v) is 3.71. The zero-order chi connectivity index (χ0) is 15.2. The van der Waals surface area contributed by atoms with Crippen LogP contribution in [0, 0.1) is 0 Å². The molecular formula is C14H21N3O4. The summed E-state index contributed by atoms with van der Waals surface area (Å²) in [4.78, 5) is 28.4. The number of carboxylic acid groups (broad SMARTS) is 1. The Morgan fingerprint density at radius 3 is 2.67 bits per heavy atom. The summed E-state index contributed by atoms with van der Waals surface area (Å²) in [7, 11) is 0. The Morgan fingerprint density at radius 1 is 1.33 bits per heavy atom. The van der Waals surface area contributed by atoms with Gasteiger partial charge in [0.25, 0.3) is 0 Å². The summed E-state index contributed by atoms with van der Waals surface area (Å²) in [5.74, 6) is 0.579. The van der Waals surface area contributed by atoms with Gasteiger partial charge in [0.1, 0.15) is 0 Å². The van der Waals surface area contributed by atoms with Gasteiger partial charge in [0.2, 0.25) is 11.8 Å². The summed E-state index contributed by atoms with van der Waals surface area (Å²) in [5, 5.41) is 12.6. The van der Waals surface area contributed by atoms with Crippen molar-refractivity contribution in [2.24, 2.45) is 0 Å². The average molecular weight is 295 g/mol. The number of carboxylic acids is 1. The smallest absolute Gasteiger partial charge is 0.303 e. The molecule has 0 atom stereocenters. The fourth-order valence-electron chi connectivity index (χ4n) is 2.51. The van der Waals surface area contributed by atoms with Crippen molar-refractivity contribution in [3.05, 3.63) is 11.7 Å². The number of nitrogens with zero attached hydrogens (tertiary/aromatic N) is 3. The number of rotatable bonds is 6. The number of aryl methyl sites for hydroxylation is 1. The Morgan fingerprint density at radius 2 is 2.05 bits per heavy atom. The van der Waals surface area contributed by atoms with E-state index >= 15 is 0 Å². The molecule has 0 unspecified atom stereocenters. The highest BCUT2D eigenvalue weighted by atomic mass is 16.5. The van der Waals surface area contributed by atoms with Crippen LogP contribution in [0.25, 0.3) is 0 Å². The van der Waals surface area contributed by atoms with E-state index < -0.39 is 5.97 Å². The van der Waals surface area contributed by atoms with E-state index in [-0.39, 0.29) is 24.7 Å². The maximum atomic E-state index is 11.8. The summed E-state index contributed by atoms with van der Waals surface area (Å²) in [5.41, 5.74) is 0. The van der Waals surface area contributed by atoms with Crippen molar-refractivity contribution in [1.29, 1.82) is 0 Å². The lowest BCUT2D eigenvalue weighted by molar-refractivity contribution is -0.141. The second kappa shape index (κ2) is 7.19. The van der Waals surface area contributed by atoms with E-state index in [0.29, 0.717) is 19.0 Å². The van der Waals surface area contributed by atoms with Crippen molar-refractivity contribution in [3.8, 4) is 0 Å². The quantitative estimate of drug-likeness (QED) is 0.856. The molecule has 116 valence electrons. The fourth-order valence-corrected chi connectivity index (χ4v) is 2.51. The van der Waals surface area contributed by atoms with Gasteiger partial charge in [-0.05, 0) is 19.3 Å². The molecule has 2 heterocycles. The van der Waals surface area contributed by atoms with Crippen LogP contribution in [0.1, 0.15) is 56.7 Å². The van der Waals surface area contributed by atoms with Gasteiger partial charge in [-0.1, -0.05) is 12.1 Å². The lowest BCUT2D eigenvalue weighted by Gasteiger charge is -2.30. The number of likely N-dealkylation sites (tertiary alicyclic amines) is 1.